The molecular weight excluding hydrogens is 310 g/mol. The lowest BCUT2D eigenvalue weighted by molar-refractivity contribution is -0.123. The molecule has 2 N–H and O–H groups in total. The van der Waals surface area contributed by atoms with Crippen LogP contribution in [0.25, 0.3) is 0 Å². The average molecular weight is 341 g/mol. The van der Waals surface area contributed by atoms with Crippen LogP contribution in [0.15, 0.2) is 30.3 Å². The van der Waals surface area contributed by atoms with Crippen LogP contribution < -0.4 is 10.6 Å². The normalized spacial score (nSPS) is 30.8. The van der Waals surface area contributed by atoms with Gasteiger partial charge in [-0.25, -0.2) is 0 Å². The predicted octanol–water partition coefficient (Wildman–Crippen LogP) is 2.86. The minimum absolute atomic E-state index is 0.0168. The maximum atomic E-state index is 12.7. The van der Waals surface area contributed by atoms with Crippen LogP contribution in [0.5, 0.6) is 0 Å². The molecule has 1 aromatic rings. The number of nitrogens with zero attached hydrogens (tertiary/aromatic N) is 1. The lowest BCUT2D eigenvalue weighted by atomic mass is 9.85. The predicted molar refractivity (Wildman–Crippen MR) is 100 cm³/mol. The fourth-order valence-electron chi connectivity index (χ4n) is 5.03. The summed E-state index contributed by atoms with van der Waals surface area (Å²) in [5.74, 6) is 0.919. The SMILES string of the molecule is O=C(NCC(c1ccccc1)N1CCCC1)C1CC2CCCCC2N1. The Hall–Kier alpha value is -1.39. The Kier molecular flexibility index (Phi) is 5.37. The zero-order chi connectivity index (χ0) is 17.1. The number of hydrogen-bond donors (Lipinski definition) is 2. The monoisotopic (exact) mass is 341 g/mol. The molecule has 4 rings (SSSR count). The molecular formula is C21H31N3O. The van der Waals surface area contributed by atoms with Crippen LogP contribution in [0.2, 0.25) is 0 Å². The van der Waals surface area contributed by atoms with Gasteiger partial charge in [0.15, 0.2) is 0 Å². The van der Waals surface area contributed by atoms with Crippen LogP contribution in [0.1, 0.15) is 56.6 Å². The quantitative estimate of drug-likeness (QED) is 0.865. The molecule has 2 aliphatic heterocycles. The number of likely N-dealkylation sites (tertiary alicyclic amines) is 1. The molecule has 3 fully saturated rings. The third kappa shape index (κ3) is 3.90. The maximum Gasteiger partial charge on any atom is 0.237 e. The van der Waals surface area contributed by atoms with Crippen LogP contribution in [-0.4, -0.2) is 42.5 Å². The Balaban J connectivity index is 1.36. The van der Waals surface area contributed by atoms with E-state index < -0.39 is 0 Å². The first-order valence-electron chi connectivity index (χ1n) is 10.1. The average Bonchev–Trinajstić information content (AvgIpc) is 3.32. The van der Waals surface area contributed by atoms with Crippen molar-refractivity contribution < 1.29 is 4.79 Å². The molecule has 4 heteroatoms. The minimum Gasteiger partial charge on any atom is -0.353 e. The van der Waals surface area contributed by atoms with E-state index in [1.165, 1.54) is 44.1 Å². The van der Waals surface area contributed by atoms with Gasteiger partial charge in [-0.2, -0.15) is 0 Å². The topological polar surface area (TPSA) is 44.4 Å². The summed E-state index contributed by atoms with van der Waals surface area (Å²) in [5, 5.41) is 6.87. The molecule has 4 nitrogen and oxygen atoms in total. The number of nitrogens with one attached hydrogen (secondary N) is 2. The number of hydrogen-bond acceptors (Lipinski definition) is 3. The number of benzene rings is 1. The highest BCUT2D eigenvalue weighted by molar-refractivity contribution is 5.82. The van der Waals surface area contributed by atoms with E-state index in [0.717, 1.165) is 26.1 Å². The number of rotatable bonds is 5. The zero-order valence-electron chi connectivity index (χ0n) is 15.1. The summed E-state index contributed by atoms with van der Waals surface area (Å²) in [6.45, 7) is 3.00. The molecule has 0 radical (unpaired) electrons. The molecule has 0 bridgehead atoms. The van der Waals surface area contributed by atoms with Gasteiger partial charge in [0.05, 0.1) is 12.1 Å². The molecule has 2 heterocycles. The van der Waals surface area contributed by atoms with E-state index in [4.69, 9.17) is 0 Å². The second kappa shape index (κ2) is 7.88. The molecule has 2 saturated heterocycles. The first-order chi connectivity index (χ1) is 12.3. The van der Waals surface area contributed by atoms with Gasteiger partial charge in [0.1, 0.15) is 0 Å². The highest BCUT2D eigenvalue weighted by atomic mass is 16.2. The Labute approximate surface area is 151 Å². The summed E-state index contributed by atoms with van der Waals surface area (Å²) in [7, 11) is 0. The van der Waals surface area contributed by atoms with Crippen LogP contribution in [0.4, 0.5) is 0 Å². The van der Waals surface area contributed by atoms with Gasteiger partial charge < -0.3 is 10.6 Å². The molecule has 1 aromatic carbocycles. The van der Waals surface area contributed by atoms with Gasteiger partial charge in [-0.05, 0) is 56.7 Å². The standard InChI is InChI=1S/C21H31N3O/c25-21(19-14-17-10-4-5-11-18(17)23-19)22-15-20(24-12-6-7-13-24)16-8-2-1-3-9-16/h1-3,8-9,17-20,23H,4-7,10-15H2,(H,22,25). The van der Waals surface area contributed by atoms with E-state index in [9.17, 15) is 4.79 Å². The molecule has 136 valence electrons. The van der Waals surface area contributed by atoms with Crippen molar-refractivity contribution >= 4 is 5.91 Å². The number of carbonyl (C=O) groups excluding carboxylic acids is 1. The van der Waals surface area contributed by atoms with Crippen molar-refractivity contribution in [3.63, 3.8) is 0 Å². The van der Waals surface area contributed by atoms with Crippen LogP contribution in [0.3, 0.4) is 0 Å². The van der Waals surface area contributed by atoms with Gasteiger partial charge in [0.2, 0.25) is 5.91 Å². The summed E-state index contributed by atoms with van der Waals surface area (Å²) in [6.07, 6.45) is 8.75. The van der Waals surface area contributed by atoms with Crippen LogP contribution in [0, 0.1) is 5.92 Å². The third-order valence-electron chi connectivity index (χ3n) is 6.41. The maximum absolute atomic E-state index is 12.7. The number of fused-ring (bicyclic) bond motifs is 1. The van der Waals surface area contributed by atoms with Gasteiger partial charge in [0, 0.05) is 12.6 Å². The Morgan fingerprint density at radius 2 is 1.88 bits per heavy atom. The van der Waals surface area contributed by atoms with E-state index in [1.54, 1.807) is 0 Å². The first-order valence-corrected chi connectivity index (χ1v) is 10.1. The fraction of sp³-hybridized carbons (Fsp3) is 0.667. The van der Waals surface area contributed by atoms with E-state index in [1.807, 2.05) is 0 Å². The highest BCUT2D eigenvalue weighted by Crippen LogP contribution is 2.33. The summed E-state index contributed by atoms with van der Waals surface area (Å²) in [6, 6.07) is 11.5. The van der Waals surface area contributed by atoms with Crippen molar-refractivity contribution in [2.75, 3.05) is 19.6 Å². The Morgan fingerprint density at radius 3 is 2.64 bits per heavy atom. The van der Waals surface area contributed by atoms with E-state index in [2.05, 4.69) is 45.9 Å². The van der Waals surface area contributed by atoms with Crippen molar-refractivity contribution in [1.29, 1.82) is 0 Å². The summed E-state index contributed by atoms with van der Waals surface area (Å²) < 4.78 is 0. The number of carbonyl (C=O) groups is 1. The van der Waals surface area contributed by atoms with Crippen molar-refractivity contribution in [2.45, 2.75) is 63.1 Å². The molecule has 0 aromatic heterocycles. The molecule has 4 atom stereocenters. The second-order valence-corrected chi connectivity index (χ2v) is 8.02. The summed E-state index contributed by atoms with van der Waals surface area (Å²) in [4.78, 5) is 15.3. The smallest absolute Gasteiger partial charge is 0.237 e. The Morgan fingerprint density at radius 1 is 1.12 bits per heavy atom. The second-order valence-electron chi connectivity index (χ2n) is 8.02. The minimum atomic E-state index is 0.0168. The van der Waals surface area contributed by atoms with Crippen molar-refractivity contribution in [2.24, 2.45) is 5.92 Å². The van der Waals surface area contributed by atoms with Gasteiger partial charge >= 0.3 is 0 Å². The van der Waals surface area contributed by atoms with Crippen molar-refractivity contribution in [3.05, 3.63) is 35.9 Å². The Bertz CT molecular complexity index is 556. The molecule has 25 heavy (non-hydrogen) atoms. The molecule has 0 spiro atoms. The summed E-state index contributed by atoms with van der Waals surface area (Å²) >= 11 is 0. The van der Waals surface area contributed by atoms with Gasteiger partial charge in [-0.15, -0.1) is 0 Å². The first kappa shape index (κ1) is 17.0. The van der Waals surface area contributed by atoms with Gasteiger partial charge in [-0.1, -0.05) is 43.2 Å². The third-order valence-corrected chi connectivity index (χ3v) is 6.41. The van der Waals surface area contributed by atoms with Gasteiger partial charge in [0.25, 0.3) is 0 Å². The molecule has 3 aliphatic rings. The van der Waals surface area contributed by atoms with Crippen molar-refractivity contribution in [1.82, 2.24) is 15.5 Å². The fourth-order valence-corrected chi connectivity index (χ4v) is 5.03. The lowest BCUT2D eigenvalue weighted by Gasteiger charge is -2.28. The highest BCUT2D eigenvalue weighted by Gasteiger charge is 2.38. The van der Waals surface area contributed by atoms with Gasteiger partial charge in [-0.3, -0.25) is 9.69 Å². The summed E-state index contributed by atoms with van der Waals surface area (Å²) in [5.41, 5.74) is 1.32. The number of amides is 1. The van der Waals surface area contributed by atoms with Crippen LogP contribution in [-0.2, 0) is 4.79 Å². The molecule has 1 aliphatic carbocycles. The van der Waals surface area contributed by atoms with Crippen LogP contribution >= 0.6 is 0 Å². The molecule has 4 unspecified atom stereocenters. The molecule has 1 amide bonds. The van der Waals surface area contributed by atoms with E-state index in [0.29, 0.717) is 18.0 Å². The van der Waals surface area contributed by atoms with E-state index in [-0.39, 0.29) is 11.9 Å². The largest absolute Gasteiger partial charge is 0.353 e. The zero-order valence-corrected chi connectivity index (χ0v) is 15.1. The molecule has 1 saturated carbocycles. The lowest BCUT2D eigenvalue weighted by Crippen LogP contribution is -2.45. The van der Waals surface area contributed by atoms with Crippen molar-refractivity contribution in [3.8, 4) is 0 Å². The van der Waals surface area contributed by atoms with E-state index >= 15 is 0 Å².